The maximum absolute atomic E-state index is 12.4. The van der Waals surface area contributed by atoms with E-state index in [1.807, 2.05) is 6.08 Å². The van der Waals surface area contributed by atoms with Crippen molar-refractivity contribution in [3.8, 4) is 0 Å². The van der Waals surface area contributed by atoms with Crippen LogP contribution in [0.1, 0.15) is 264 Å². The van der Waals surface area contributed by atoms with Gasteiger partial charge in [-0.15, -0.1) is 0 Å². The highest BCUT2D eigenvalue weighted by Crippen LogP contribution is 2.14. The van der Waals surface area contributed by atoms with E-state index < -0.39 is 12.1 Å². The third kappa shape index (κ3) is 47.1. The number of ether oxygens (including phenoxy) is 1. The van der Waals surface area contributed by atoms with Crippen LogP contribution in [-0.2, 0) is 14.3 Å². The first-order valence-corrected chi connectivity index (χ1v) is 26.4. The quantitative estimate of drug-likeness (QED) is 0.0322. The van der Waals surface area contributed by atoms with Crippen LogP contribution in [-0.4, -0.2) is 47.4 Å². The lowest BCUT2D eigenvalue weighted by Gasteiger charge is -2.20. The van der Waals surface area contributed by atoms with E-state index in [2.05, 4.69) is 55.6 Å². The molecule has 0 aromatic rings. The molecule has 0 fully saturated rings. The average molecular weight is 856 g/mol. The van der Waals surface area contributed by atoms with Crippen molar-refractivity contribution in [1.82, 2.24) is 5.32 Å². The standard InChI is InChI=1S/C55H101NO5/c1-3-5-7-9-11-13-14-15-22-26-29-33-37-41-45-49-55(60)61-50-46-42-38-34-30-27-24-21-19-17-16-18-20-23-25-28-32-36-40-44-48-54(59)56-52(51-57)53(58)47-43-39-35-31-12-10-8-6-4-2/h11,13,15-16,18,22,43,47,52-53,57-58H,3-10,12,14,17,19-21,23-42,44-46,48-51H2,1-2H3,(H,56,59)/b13-11-,18-16-,22-15-,47-43+. The summed E-state index contributed by atoms with van der Waals surface area (Å²) in [6.07, 6.45) is 62.7. The second-order valence-electron chi connectivity index (χ2n) is 17.8. The number of carbonyl (C=O) groups is 2. The van der Waals surface area contributed by atoms with Crippen molar-refractivity contribution in [1.29, 1.82) is 0 Å². The van der Waals surface area contributed by atoms with Crippen LogP contribution in [0.4, 0.5) is 0 Å². The van der Waals surface area contributed by atoms with Crippen LogP contribution < -0.4 is 5.32 Å². The van der Waals surface area contributed by atoms with Gasteiger partial charge >= 0.3 is 5.97 Å². The van der Waals surface area contributed by atoms with Gasteiger partial charge in [0.15, 0.2) is 0 Å². The van der Waals surface area contributed by atoms with Gasteiger partial charge in [0.05, 0.1) is 25.4 Å². The lowest BCUT2D eigenvalue weighted by Crippen LogP contribution is -2.45. The predicted octanol–water partition coefficient (Wildman–Crippen LogP) is 15.8. The Kier molecular flexibility index (Phi) is 48.7. The van der Waals surface area contributed by atoms with Crippen molar-refractivity contribution in [2.24, 2.45) is 0 Å². The summed E-state index contributed by atoms with van der Waals surface area (Å²) < 4.78 is 5.46. The van der Waals surface area contributed by atoms with Gasteiger partial charge < -0.3 is 20.3 Å². The summed E-state index contributed by atoms with van der Waals surface area (Å²) in [5.41, 5.74) is 0. The van der Waals surface area contributed by atoms with Gasteiger partial charge in [-0.3, -0.25) is 9.59 Å². The molecule has 0 aliphatic heterocycles. The van der Waals surface area contributed by atoms with E-state index in [9.17, 15) is 19.8 Å². The Morgan fingerprint density at radius 1 is 0.459 bits per heavy atom. The van der Waals surface area contributed by atoms with Crippen LogP contribution >= 0.6 is 0 Å². The number of esters is 1. The van der Waals surface area contributed by atoms with Crippen molar-refractivity contribution < 1.29 is 24.5 Å². The van der Waals surface area contributed by atoms with Crippen LogP contribution in [0.15, 0.2) is 48.6 Å². The first-order chi connectivity index (χ1) is 30.0. The largest absolute Gasteiger partial charge is 0.466 e. The molecule has 0 aromatic carbocycles. The van der Waals surface area contributed by atoms with Gasteiger partial charge in [-0.1, -0.05) is 210 Å². The van der Waals surface area contributed by atoms with Crippen LogP contribution in [0.2, 0.25) is 0 Å². The molecule has 0 spiro atoms. The highest BCUT2D eigenvalue weighted by molar-refractivity contribution is 5.76. The van der Waals surface area contributed by atoms with Crippen LogP contribution in [0, 0.1) is 0 Å². The molecule has 0 radical (unpaired) electrons. The van der Waals surface area contributed by atoms with Crippen molar-refractivity contribution in [3.63, 3.8) is 0 Å². The van der Waals surface area contributed by atoms with Crippen LogP contribution in [0.5, 0.6) is 0 Å². The number of rotatable bonds is 48. The molecule has 0 rings (SSSR count). The Bertz CT molecular complexity index is 1040. The number of nitrogens with one attached hydrogen (secondary N) is 1. The van der Waals surface area contributed by atoms with Crippen molar-refractivity contribution in [2.45, 2.75) is 276 Å². The van der Waals surface area contributed by atoms with E-state index in [4.69, 9.17) is 4.74 Å². The SMILES string of the molecule is CCCCC/C=C\C/C=C\CCCCCCCC(=O)OCCCCCCCCCCC/C=C\CCCCCCCCCC(=O)NC(CO)C(O)/C=C/CCCCCCCCC. The number of hydrogen-bond acceptors (Lipinski definition) is 5. The molecule has 6 heteroatoms. The summed E-state index contributed by atoms with van der Waals surface area (Å²) in [7, 11) is 0. The Labute approximate surface area is 378 Å². The summed E-state index contributed by atoms with van der Waals surface area (Å²) in [5, 5.41) is 22.9. The number of aliphatic hydroxyl groups is 2. The molecule has 0 aliphatic rings. The van der Waals surface area contributed by atoms with Gasteiger partial charge in [0.2, 0.25) is 5.91 Å². The van der Waals surface area contributed by atoms with E-state index >= 15 is 0 Å². The third-order valence-corrected chi connectivity index (χ3v) is 11.8. The Morgan fingerprint density at radius 2 is 0.820 bits per heavy atom. The minimum Gasteiger partial charge on any atom is -0.466 e. The van der Waals surface area contributed by atoms with Gasteiger partial charge in [0.25, 0.3) is 0 Å². The van der Waals surface area contributed by atoms with Crippen LogP contribution in [0.3, 0.4) is 0 Å². The molecule has 0 bridgehead atoms. The Hall–Kier alpha value is -2.18. The molecular formula is C55H101NO5. The zero-order valence-electron chi connectivity index (χ0n) is 40.4. The van der Waals surface area contributed by atoms with Gasteiger partial charge in [0.1, 0.15) is 0 Å². The summed E-state index contributed by atoms with van der Waals surface area (Å²) in [6.45, 7) is 4.82. The number of hydrogen-bond donors (Lipinski definition) is 3. The van der Waals surface area contributed by atoms with Gasteiger partial charge in [-0.05, 0) is 89.9 Å². The summed E-state index contributed by atoms with van der Waals surface area (Å²) in [5.74, 6) is -0.0905. The van der Waals surface area contributed by atoms with Crippen molar-refractivity contribution in [3.05, 3.63) is 48.6 Å². The van der Waals surface area contributed by atoms with Gasteiger partial charge in [-0.2, -0.15) is 0 Å². The first kappa shape index (κ1) is 58.8. The molecule has 0 saturated heterocycles. The number of amides is 1. The topological polar surface area (TPSA) is 95.9 Å². The fourth-order valence-corrected chi connectivity index (χ4v) is 7.71. The monoisotopic (exact) mass is 856 g/mol. The molecular weight excluding hydrogens is 755 g/mol. The highest BCUT2D eigenvalue weighted by Gasteiger charge is 2.18. The van der Waals surface area contributed by atoms with Gasteiger partial charge in [0, 0.05) is 12.8 Å². The normalized spacial score (nSPS) is 13.0. The molecule has 356 valence electrons. The summed E-state index contributed by atoms with van der Waals surface area (Å²) >= 11 is 0. The zero-order chi connectivity index (χ0) is 44.4. The molecule has 0 saturated carbocycles. The maximum atomic E-state index is 12.4. The van der Waals surface area contributed by atoms with Crippen molar-refractivity contribution in [2.75, 3.05) is 13.2 Å². The van der Waals surface area contributed by atoms with Crippen LogP contribution in [0.25, 0.3) is 0 Å². The minimum absolute atomic E-state index is 0.00960. The lowest BCUT2D eigenvalue weighted by molar-refractivity contribution is -0.143. The Balaban J connectivity index is 3.44. The van der Waals surface area contributed by atoms with Crippen molar-refractivity contribution >= 4 is 11.9 Å². The molecule has 0 aromatic heterocycles. The molecule has 1 amide bonds. The Morgan fingerprint density at radius 3 is 1.30 bits per heavy atom. The minimum atomic E-state index is -0.848. The smallest absolute Gasteiger partial charge is 0.305 e. The second-order valence-corrected chi connectivity index (χ2v) is 17.8. The average Bonchev–Trinajstić information content (AvgIpc) is 3.26. The van der Waals surface area contributed by atoms with E-state index in [1.165, 1.54) is 180 Å². The molecule has 0 heterocycles. The van der Waals surface area contributed by atoms with E-state index in [0.717, 1.165) is 57.8 Å². The molecule has 2 atom stereocenters. The van der Waals surface area contributed by atoms with E-state index in [0.29, 0.717) is 19.4 Å². The first-order valence-electron chi connectivity index (χ1n) is 26.4. The number of aliphatic hydroxyl groups excluding tert-OH is 2. The molecule has 61 heavy (non-hydrogen) atoms. The fraction of sp³-hybridized carbons (Fsp3) is 0.818. The molecule has 3 N–H and O–H groups in total. The fourth-order valence-electron chi connectivity index (χ4n) is 7.71. The van der Waals surface area contributed by atoms with Gasteiger partial charge in [-0.25, -0.2) is 0 Å². The molecule has 6 nitrogen and oxygen atoms in total. The third-order valence-electron chi connectivity index (χ3n) is 11.8. The second kappa shape index (κ2) is 50.5. The lowest BCUT2D eigenvalue weighted by atomic mass is 10.1. The maximum Gasteiger partial charge on any atom is 0.305 e. The molecule has 2 unspecified atom stereocenters. The summed E-state index contributed by atoms with van der Waals surface area (Å²) in [4.78, 5) is 24.4. The molecule has 0 aliphatic carbocycles. The zero-order valence-corrected chi connectivity index (χ0v) is 40.4. The number of unbranched alkanes of at least 4 members (excludes halogenated alkanes) is 31. The predicted molar refractivity (Wildman–Crippen MR) is 264 cm³/mol. The van der Waals surface area contributed by atoms with E-state index in [1.54, 1.807) is 6.08 Å². The number of allylic oxidation sites excluding steroid dienone is 7. The van der Waals surface area contributed by atoms with E-state index in [-0.39, 0.29) is 18.5 Å². The number of carbonyl (C=O) groups excluding carboxylic acids is 2. The highest BCUT2D eigenvalue weighted by atomic mass is 16.5. The summed E-state index contributed by atoms with van der Waals surface area (Å²) in [6, 6.07) is -0.633.